The summed E-state index contributed by atoms with van der Waals surface area (Å²) in [6, 6.07) is 5.01. The van der Waals surface area contributed by atoms with Crippen LogP contribution >= 0.6 is 0 Å². The molecule has 0 bridgehead atoms. The molecule has 84 valence electrons. The first-order valence-corrected chi connectivity index (χ1v) is 4.40. The first-order valence-electron chi connectivity index (χ1n) is 4.40. The number of aromatic nitrogens is 2. The van der Waals surface area contributed by atoms with E-state index in [4.69, 9.17) is 4.74 Å². The number of hydrogen-bond acceptors (Lipinski definition) is 2. The van der Waals surface area contributed by atoms with Gasteiger partial charge in [0.2, 0.25) is 0 Å². The van der Waals surface area contributed by atoms with Gasteiger partial charge < -0.3 is 4.74 Å². The number of alkyl halides is 3. The van der Waals surface area contributed by atoms with E-state index in [9.17, 15) is 13.2 Å². The van der Waals surface area contributed by atoms with Crippen molar-refractivity contribution in [1.82, 2.24) is 10.2 Å². The van der Waals surface area contributed by atoms with Crippen molar-refractivity contribution < 1.29 is 17.9 Å². The third-order valence-electron chi connectivity index (χ3n) is 1.89. The first kappa shape index (κ1) is 10.5. The second-order valence-corrected chi connectivity index (χ2v) is 3.03. The predicted octanol–water partition coefficient (Wildman–Crippen LogP) is 3.22. The van der Waals surface area contributed by atoms with Crippen LogP contribution in [0.1, 0.15) is 5.56 Å². The number of benzene rings is 1. The lowest BCUT2D eigenvalue weighted by Gasteiger charge is -2.11. The highest BCUT2D eigenvalue weighted by Crippen LogP contribution is 2.37. The van der Waals surface area contributed by atoms with Crippen LogP contribution in [0, 0.1) is 0 Å². The molecule has 0 aliphatic heterocycles. The third kappa shape index (κ3) is 2.16. The van der Waals surface area contributed by atoms with Crippen LogP contribution in [-0.4, -0.2) is 10.2 Å². The number of para-hydroxylation sites is 1. The Labute approximate surface area is 88.9 Å². The molecule has 1 aromatic carbocycles. The zero-order valence-corrected chi connectivity index (χ0v) is 7.95. The Morgan fingerprint density at radius 1 is 1.19 bits per heavy atom. The molecule has 0 saturated heterocycles. The second kappa shape index (κ2) is 3.88. The number of nitrogens with zero attached hydrogens (tertiary/aromatic N) is 1. The van der Waals surface area contributed by atoms with E-state index in [-0.39, 0.29) is 11.5 Å². The molecule has 1 heterocycles. The Balaban J connectivity index is 2.34. The molecule has 0 atom stereocenters. The van der Waals surface area contributed by atoms with Gasteiger partial charge in [-0.3, -0.25) is 5.10 Å². The normalized spacial score (nSPS) is 11.4. The molecule has 0 radical (unpaired) electrons. The van der Waals surface area contributed by atoms with Crippen molar-refractivity contribution in [1.29, 1.82) is 0 Å². The van der Waals surface area contributed by atoms with Gasteiger partial charge in [0, 0.05) is 0 Å². The number of halogens is 3. The number of rotatable bonds is 2. The summed E-state index contributed by atoms with van der Waals surface area (Å²) in [5, 5.41) is 6.03. The monoisotopic (exact) mass is 228 g/mol. The van der Waals surface area contributed by atoms with Gasteiger partial charge in [-0.2, -0.15) is 18.3 Å². The molecule has 2 rings (SSSR count). The molecule has 1 aromatic heterocycles. The summed E-state index contributed by atoms with van der Waals surface area (Å²) in [6.07, 6.45) is -1.76. The van der Waals surface area contributed by atoms with Crippen LogP contribution in [0.2, 0.25) is 0 Å². The number of hydrogen-bond donors (Lipinski definition) is 1. The van der Waals surface area contributed by atoms with Crippen molar-refractivity contribution in [3.05, 3.63) is 42.2 Å². The highest BCUT2D eigenvalue weighted by atomic mass is 19.4. The smallest absolute Gasteiger partial charge is 0.419 e. The van der Waals surface area contributed by atoms with Gasteiger partial charge in [-0.1, -0.05) is 12.1 Å². The zero-order valence-electron chi connectivity index (χ0n) is 7.95. The average Bonchev–Trinajstić information content (AvgIpc) is 2.70. The average molecular weight is 228 g/mol. The fourth-order valence-electron chi connectivity index (χ4n) is 1.21. The molecule has 0 aliphatic rings. The van der Waals surface area contributed by atoms with Crippen LogP contribution in [0.5, 0.6) is 11.5 Å². The number of H-pyrrole nitrogens is 1. The summed E-state index contributed by atoms with van der Waals surface area (Å²) < 4.78 is 42.8. The van der Waals surface area contributed by atoms with Crippen molar-refractivity contribution in [2.24, 2.45) is 0 Å². The quantitative estimate of drug-likeness (QED) is 0.856. The fourth-order valence-corrected chi connectivity index (χ4v) is 1.21. The molecule has 0 aliphatic carbocycles. The summed E-state index contributed by atoms with van der Waals surface area (Å²) in [5.41, 5.74) is -0.809. The molecular formula is C10H7F3N2O. The molecule has 2 aromatic rings. The minimum absolute atomic E-state index is 0.233. The van der Waals surface area contributed by atoms with E-state index >= 15 is 0 Å². The summed E-state index contributed by atoms with van der Waals surface area (Å²) >= 11 is 0. The van der Waals surface area contributed by atoms with E-state index in [1.807, 2.05) is 0 Å². The van der Waals surface area contributed by atoms with Crippen LogP contribution in [0.25, 0.3) is 0 Å². The van der Waals surface area contributed by atoms with Gasteiger partial charge in [-0.25, -0.2) is 0 Å². The molecule has 6 heteroatoms. The minimum Gasteiger partial charge on any atom is -0.453 e. The van der Waals surface area contributed by atoms with E-state index in [2.05, 4.69) is 10.2 Å². The zero-order chi connectivity index (χ0) is 11.6. The molecule has 0 unspecified atom stereocenters. The second-order valence-electron chi connectivity index (χ2n) is 3.03. The van der Waals surface area contributed by atoms with Gasteiger partial charge in [0.15, 0.2) is 5.75 Å². The lowest BCUT2D eigenvalue weighted by Crippen LogP contribution is -2.06. The van der Waals surface area contributed by atoms with Crippen molar-refractivity contribution in [2.75, 3.05) is 0 Å². The van der Waals surface area contributed by atoms with Gasteiger partial charge in [0.25, 0.3) is 0 Å². The maximum Gasteiger partial charge on any atom is 0.419 e. The van der Waals surface area contributed by atoms with Crippen LogP contribution < -0.4 is 4.74 Å². The number of ether oxygens (including phenoxy) is 1. The number of nitrogens with one attached hydrogen (secondary N) is 1. The maximum atomic E-state index is 12.6. The Morgan fingerprint density at radius 3 is 2.56 bits per heavy atom. The molecule has 0 saturated carbocycles. The Morgan fingerprint density at radius 2 is 1.94 bits per heavy atom. The van der Waals surface area contributed by atoms with Crippen LogP contribution in [-0.2, 0) is 6.18 Å². The van der Waals surface area contributed by atoms with Gasteiger partial charge >= 0.3 is 6.18 Å². The standard InChI is InChI=1S/C10H7F3N2O/c11-10(12,13)8-3-1-2-4-9(8)16-7-5-14-15-6-7/h1-6H,(H,14,15). The van der Waals surface area contributed by atoms with E-state index < -0.39 is 11.7 Å². The molecule has 3 nitrogen and oxygen atoms in total. The highest BCUT2D eigenvalue weighted by Gasteiger charge is 2.34. The Hall–Kier alpha value is -1.98. The molecule has 1 N–H and O–H groups in total. The van der Waals surface area contributed by atoms with Gasteiger partial charge in [-0.15, -0.1) is 0 Å². The van der Waals surface area contributed by atoms with Crippen molar-refractivity contribution >= 4 is 0 Å². The van der Waals surface area contributed by atoms with Gasteiger partial charge in [0.1, 0.15) is 5.75 Å². The van der Waals surface area contributed by atoms with Crippen LogP contribution in [0.15, 0.2) is 36.7 Å². The van der Waals surface area contributed by atoms with Crippen LogP contribution in [0.3, 0.4) is 0 Å². The molecular weight excluding hydrogens is 221 g/mol. The SMILES string of the molecule is FC(F)(F)c1ccccc1Oc1cn[nH]c1. The summed E-state index contributed by atoms with van der Waals surface area (Å²) in [7, 11) is 0. The topological polar surface area (TPSA) is 37.9 Å². The van der Waals surface area contributed by atoms with Gasteiger partial charge in [0.05, 0.1) is 18.0 Å². The largest absolute Gasteiger partial charge is 0.453 e. The third-order valence-corrected chi connectivity index (χ3v) is 1.89. The number of aromatic amines is 1. The molecule has 0 fully saturated rings. The lowest BCUT2D eigenvalue weighted by molar-refractivity contribution is -0.138. The van der Waals surface area contributed by atoms with Crippen LogP contribution in [0.4, 0.5) is 13.2 Å². The molecule has 0 amide bonds. The fraction of sp³-hybridized carbons (Fsp3) is 0.100. The van der Waals surface area contributed by atoms with E-state index in [0.29, 0.717) is 0 Å². The van der Waals surface area contributed by atoms with E-state index in [1.165, 1.54) is 30.6 Å². The van der Waals surface area contributed by atoms with Crippen molar-refractivity contribution in [3.63, 3.8) is 0 Å². The lowest BCUT2D eigenvalue weighted by atomic mass is 10.2. The van der Waals surface area contributed by atoms with Crippen molar-refractivity contribution in [2.45, 2.75) is 6.18 Å². The minimum atomic E-state index is -4.43. The van der Waals surface area contributed by atoms with E-state index in [1.54, 1.807) is 0 Å². The van der Waals surface area contributed by atoms with E-state index in [0.717, 1.165) is 6.07 Å². The van der Waals surface area contributed by atoms with Crippen molar-refractivity contribution in [3.8, 4) is 11.5 Å². The summed E-state index contributed by atoms with van der Waals surface area (Å²) in [4.78, 5) is 0. The first-order chi connectivity index (χ1) is 7.57. The highest BCUT2D eigenvalue weighted by molar-refractivity contribution is 5.38. The summed E-state index contributed by atoms with van der Waals surface area (Å²) in [5.74, 6) is -0.00639. The Kier molecular flexibility index (Phi) is 2.55. The summed E-state index contributed by atoms with van der Waals surface area (Å²) in [6.45, 7) is 0. The predicted molar refractivity (Wildman–Crippen MR) is 50.1 cm³/mol. The maximum absolute atomic E-state index is 12.6. The molecule has 16 heavy (non-hydrogen) atoms. The molecule has 0 spiro atoms. The van der Waals surface area contributed by atoms with Gasteiger partial charge in [-0.05, 0) is 12.1 Å². The Bertz CT molecular complexity index is 465.